The first kappa shape index (κ1) is 22.8. The van der Waals surface area contributed by atoms with Crippen molar-refractivity contribution in [3.63, 3.8) is 0 Å². The van der Waals surface area contributed by atoms with Crippen LogP contribution in [0.4, 0.5) is 4.39 Å². The number of likely N-dealkylation sites (tertiary alicyclic amines) is 1. The van der Waals surface area contributed by atoms with Gasteiger partial charge in [0.1, 0.15) is 11.5 Å². The van der Waals surface area contributed by atoms with Gasteiger partial charge in [-0.05, 0) is 42.5 Å². The molecule has 0 atom stereocenters. The van der Waals surface area contributed by atoms with Gasteiger partial charge in [-0.2, -0.15) is 5.10 Å². The number of thiazole rings is 1. The normalized spacial score (nSPS) is 16.9. The lowest BCUT2D eigenvalue weighted by Gasteiger charge is -2.48. The number of rotatable bonds is 4. The lowest BCUT2D eigenvalue weighted by molar-refractivity contribution is 0.00854. The second-order valence-corrected chi connectivity index (χ2v) is 10.1. The lowest BCUT2D eigenvalue weighted by Crippen LogP contribution is -2.64. The molecule has 184 valence electrons. The van der Waals surface area contributed by atoms with Gasteiger partial charge < -0.3 is 9.80 Å². The topological polar surface area (TPSA) is 74.6 Å². The fourth-order valence-corrected chi connectivity index (χ4v) is 5.61. The number of nitrogens with zero attached hydrogens (tertiary/aromatic N) is 6. The molecule has 0 spiro atoms. The first-order valence-electron chi connectivity index (χ1n) is 11.9. The molecule has 10 heteroatoms. The number of amides is 2. The summed E-state index contributed by atoms with van der Waals surface area (Å²) in [4.78, 5) is 36.0. The number of fused-ring (bicyclic) bond motifs is 1. The molecule has 4 heterocycles. The average molecular weight is 505 g/mol. The third-order valence-corrected chi connectivity index (χ3v) is 7.86. The molecule has 0 unspecified atom stereocenters. The maximum Gasteiger partial charge on any atom is 0.282 e. The SMILES string of the molecule is Cn1nc(-c2ccc(F)cc2)c2cc(C(=O)N3CC(N4CCN(C(=O)c5nccs5)CC4)C3)ccc21. The minimum Gasteiger partial charge on any atom is -0.335 e. The van der Waals surface area contributed by atoms with Crippen LogP contribution in [0.15, 0.2) is 54.0 Å². The summed E-state index contributed by atoms with van der Waals surface area (Å²) < 4.78 is 15.2. The highest BCUT2D eigenvalue weighted by Gasteiger charge is 2.37. The molecule has 8 nitrogen and oxygen atoms in total. The quantitative estimate of drug-likeness (QED) is 0.427. The van der Waals surface area contributed by atoms with Crippen LogP contribution in [0, 0.1) is 5.82 Å². The number of piperazine rings is 1. The van der Waals surface area contributed by atoms with Crippen molar-refractivity contribution in [3.8, 4) is 11.3 Å². The Labute approximate surface area is 211 Å². The van der Waals surface area contributed by atoms with Gasteiger partial charge in [0.2, 0.25) is 0 Å². The van der Waals surface area contributed by atoms with E-state index < -0.39 is 0 Å². The van der Waals surface area contributed by atoms with E-state index in [2.05, 4.69) is 15.0 Å². The highest BCUT2D eigenvalue weighted by atomic mass is 32.1. The molecule has 2 aliphatic rings. The van der Waals surface area contributed by atoms with Crippen LogP contribution >= 0.6 is 11.3 Å². The zero-order valence-corrected chi connectivity index (χ0v) is 20.6. The zero-order valence-electron chi connectivity index (χ0n) is 19.8. The van der Waals surface area contributed by atoms with E-state index in [9.17, 15) is 14.0 Å². The van der Waals surface area contributed by atoms with Gasteiger partial charge in [-0.15, -0.1) is 11.3 Å². The number of halogens is 1. The third-order valence-electron chi connectivity index (χ3n) is 7.10. The molecule has 4 aromatic rings. The van der Waals surface area contributed by atoms with Crippen LogP contribution in [-0.2, 0) is 7.05 Å². The molecule has 6 rings (SSSR count). The van der Waals surface area contributed by atoms with Gasteiger partial charge >= 0.3 is 0 Å². The van der Waals surface area contributed by atoms with E-state index in [0.717, 1.165) is 35.2 Å². The second-order valence-electron chi connectivity index (χ2n) is 9.24. The summed E-state index contributed by atoms with van der Waals surface area (Å²) >= 11 is 1.37. The fourth-order valence-electron chi connectivity index (χ4n) is 5.01. The summed E-state index contributed by atoms with van der Waals surface area (Å²) in [6, 6.07) is 12.2. The summed E-state index contributed by atoms with van der Waals surface area (Å²) in [6.07, 6.45) is 1.66. The van der Waals surface area contributed by atoms with Crippen LogP contribution in [0.3, 0.4) is 0 Å². The number of aromatic nitrogens is 3. The van der Waals surface area contributed by atoms with Crippen LogP contribution in [0.2, 0.25) is 0 Å². The number of carbonyl (C=O) groups excluding carboxylic acids is 2. The molecular weight excluding hydrogens is 479 g/mol. The molecule has 2 saturated heterocycles. The van der Waals surface area contributed by atoms with Crippen molar-refractivity contribution in [2.75, 3.05) is 39.3 Å². The molecular formula is C26H25FN6O2S. The Morgan fingerprint density at radius 3 is 2.42 bits per heavy atom. The maximum absolute atomic E-state index is 13.4. The zero-order chi connectivity index (χ0) is 24.8. The third kappa shape index (κ3) is 4.06. The molecule has 2 amide bonds. The Morgan fingerprint density at radius 2 is 1.72 bits per heavy atom. The van der Waals surface area contributed by atoms with E-state index in [-0.39, 0.29) is 17.6 Å². The van der Waals surface area contributed by atoms with Crippen molar-refractivity contribution in [3.05, 3.63) is 70.4 Å². The van der Waals surface area contributed by atoms with Crippen molar-refractivity contribution in [2.24, 2.45) is 7.05 Å². The minimum absolute atomic E-state index is 0.000331. The van der Waals surface area contributed by atoms with Gasteiger partial charge in [0.05, 0.1) is 5.52 Å². The summed E-state index contributed by atoms with van der Waals surface area (Å²) in [7, 11) is 1.86. The number of carbonyl (C=O) groups is 2. The highest BCUT2D eigenvalue weighted by molar-refractivity contribution is 7.11. The average Bonchev–Trinajstić information content (AvgIpc) is 3.52. The second kappa shape index (κ2) is 9.11. The highest BCUT2D eigenvalue weighted by Crippen LogP contribution is 2.30. The first-order valence-corrected chi connectivity index (χ1v) is 12.8. The smallest absolute Gasteiger partial charge is 0.282 e. The van der Waals surface area contributed by atoms with Gasteiger partial charge in [0.25, 0.3) is 11.8 Å². The van der Waals surface area contributed by atoms with Gasteiger partial charge in [0.15, 0.2) is 5.01 Å². The van der Waals surface area contributed by atoms with E-state index in [1.54, 1.807) is 23.0 Å². The van der Waals surface area contributed by atoms with Crippen molar-refractivity contribution >= 4 is 34.1 Å². The van der Waals surface area contributed by atoms with Crippen molar-refractivity contribution < 1.29 is 14.0 Å². The summed E-state index contributed by atoms with van der Waals surface area (Å²) in [5.74, 6) is -0.296. The summed E-state index contributed by atoms with van der Waals surface area (Å²) in [5.41, 5.74) is 3.07. The Balaban J connectivity index is 1.11. The molecule has 0 N–H and O–H groups in total. The summed E-state index contributed by atoms with van der Waals surface area (Å²) in [5, 5.41) is 7.83. The van der Waals surface area contributed by atoms with Crippen molar-refractivity contribution in [1.82, 2.24) is 29.5 Å². The molecule has 0 bridgehead atoms. The molecule has 36 heavy (non-hydrogen) atoms. The van der Waals surface area contributed by atoms with E-state index in [4.69, 9.17) is 0 Å². The Morgan fingerprint density at radius 1 is 0.972 bits per heavy atom. The van der Waals surface area contributed by atoms with Crippen LogP contribution in [0.25, 0.3) is 22.2 Å². The molecule has 2 fully saturated rings. The maximum atomic E-state index is 13.4. The molecule has 0 saturated carbocycles. The molecule has 2 aromatic carbocycles. The van der Waals surface area contributed by atoms with Gasteiger partial charge in [0, 0.05) is 80.4 Å². The molecule has 2 aromatic heterocycles. The Kier molecular flexibility index (Phi) is 5.77. The predicted molar refractivity (Wildman–Crippen MR) is 135 cm³/mol. The van der Waals surface area contributed by atoms with Crippen molar-refractivity contribution in [1.29, 1.82) is 0 Å². The fraction of sp³-hybridized carbons (Fsp3) is 0.308. The van der Waals surface area contributed by atoms with Crippen LogP contribution < -0.4 is 0 Å². The monoisotopic (exact) mass is 504 g/mol. The van der Waals surface area contributed by atoms with E-state index in [1.807, 2.05) is 40.4 Å². The van der Waals surface area contributed by atoms with E-state index in [0.29, 0.717) is 42.8 Å². The van der Waals surface area contributed by atoms with E-state index in [1.165, 1.54) is 23.5 Å². The van der Waals surface area contributed by atoms with Crippen LogP contribution in [0.1, 0.15) is 20.2 Å². The van der Waals surface area contributed by atoms with Crippen molar-refractivity contribution in [2.45, 2.75) is 6.04 Å². The van der Waals surface area contributed by atoms with E-state index >= 15 is 0 Å². The van der Waals surface area contributed by atoms with Gasteiger partial charge in [-0.3, -0.25) is 19.2 Å². The molecule has 2 aliphatic heterocycles. The minimum atomic E-state index is -0.297. The number of hydrogen-bond acceptors (Lipinski definition) is 6. The van der Waals surface area contributed by atoms with Crippen LogP contribution in [-0.4, -0.2) is 86.6 Å². The molecule has 0 radical (unpaired) electrons. The van der Waals surface area contributed by atoms with Gasteiger partial charge in [-0.25, -0.2) is 9.37 Å². The Hall–Kier alpha value is -3.63. The number of aryl methyl sites for hydroxylation is 1. The lowest BCUT2D eigenvalue weighted by atomic mass is 10.0. The standard InChI is InChI=1S/C26H25FN6O2S/c1-30-22-7-4-18(14-21(22)23(29-30)17-2-5-19(27)6-3-17)25(34)33-15-20(16-33)31-9-11-32(12-10-31)26(35)24-28-8-13-36-24/h2-8,13-14,20H,9-12,15-16H2,1H3. The van der Waals surface area contributed by atoms with Gasteiger partial charge in [-0.1, -0.05) is 0 Å². The predicted octanol–water partition coefficient (Wildman–Crippen LogP) is 3.12. The summed E-state index contributed by atoms with van der Waals surface area (Å²) in [6.45, 7) is 4.29. The number of benzene rings is 2. The Bertz CT molecular complexity index is 1420. The molecule has 0 aliphatic carbocycles. The largest absolute Gasteiger partial charge is 0.335 e. The first-order chi connectivity index (χ1) is 17.5. The number of hydrogen-bond donors (Lipinski definition) is 0. The van der Waals surface area contributed by atoms with Crippen LogP contribution in [0.5, 0.6) is 0 Å².